The molecule has 2 N–H and O–H groups in total. The van der Waals surface area contributed by atoms with Crippen molar-refractivity contribution < 1.29 is 9.53 Å². The van der Waals surface area contributed by atoms with Crippen LogP contribution in [0, 0.1) is 0 Å². The first kappa shape index (κ1) is 19.9. The zero-order chi connectivity index (χ0) is 15.8. The maximum Gasteiger partial charge on any atom is 0.332 e. The third-order valence-corrected chi connectivity index (χ3v) is 3.40. The van der Waals surface area contributed by atoms with Crippen molar-refractivity contribution in [1.29, 1.82) is 0 Å². The first-order valence-electron chi connectivity index (χ1n) is 8.46. The maximum absolute atomic E-state index is 11.4. The lowest BCUT2D eigenvalue weighted by atomic mass is 10.1. The van der Waals surface area contributed by atoms with Crippen LogP contribution in [0.1, 0.15) is 78.1 Å². The predicted octanol–water partition coefficient (Wildman–Crippen LogP) is 4.87. The Labute approximate surface area is 130 Å². The van der Waals surface area contributed by atoms with Crippen molar-refractivity contribution in [2.24, 2.45) is 5.73 Å². The van der Waals surface area contributed by atoms with Gasteiger partial charge in [0.15, 0.2) is 6.23 Å². The minimum Gasteiger partial charge on any atom is -0.444 e. The van der Waals surface area contributed by atoms with Gasteiger partial charge in [0.05, 0.1) is 0 Å². The van der Waals surface area contributed by atoms with Gasteiger partial charge in [-0.25, -0.2) is 4.79 Å². The zero-order valence-electron chi connectivity index (χ0n) is 13.9. The Morgan fingerprint density at radius 1 is 1.00 bits per heavy atom. The van der Waals surface area contributed by atoms with Crippen molar-refractivity contribution in [1.82, 2.24) is 0 Å². The van der Waals surface area contributed by atoms with E-state index in [9.17, 15) is 4.79 Å². The van der Waals surface area contributed by atoms with E-state index in [2.05, 4.69) is 6.92 Å². The molecule has 3 heteroatoms. The summed E-state index contributed by atoms with van der Waals surface area (Å²) in [5.41, 5.74) is 5.78. The van der Waals surface area contributed by atoms with Gasteiger partial charge < -0.3 is 4.74 Å². The SMILES string of the molecule is C/C=C/C=C/C(=O)OC(N)CCCCCCCCCCC. The fourth-order valence-electron chi connectivity index (χ4n) is 2.15. The van der Waals surface area contributed by atoms with E-state index in [0.29, 0.717) is 0 Å². The molecule has 0 spiro atoms. The maximum atomic E-state index is 11.4. The van der Waals surface area contributed by atoms with Gasteiger partial charge in [0, 0.05) is 6.08 Å². The highest BCUT2D eigenvalue weighted by molar-refractivity contribution is 5.82. The average Bonchev–Trinajstić information content (AvgIpc) is 2.45. The zero-order valence-corrected chi connectivity index (χ0v) is 13.9. The van der Waals surface area contributed by atoms with Gasteiger partial charge in [-0.15, -0.1) is 0 Å². The monoisotopic (exact) mass is 295 g/mol. The molecular weight excluding hydrogens is 262 g/mol. The van der Waals surface area contributed by atoms with Gasteiger partial charge in [-0.3, -0.25) is 5.73 Å². The summed E-state index contributed by atoms with van der Waals surface area (Å²) in [6.45, 7) is 4.14. The van der Waals surface area contributed by atoms with E-state index < -0.39 is 6.23 Å². The summed E-state index contributed by atoms with van der Waals surface area (Å²) < 4.78 is 5.09. The largest absolute Gasteiger partial charge is 0.444 e. The van der Waals surface area contributed by atoms with Gasteiger partial charge >= 0.3 is 5.97 Å². The number of rotatable bonds is 13. The van der Waals surface area contributed by atoms with Crippen LogP contribution in [-0.2, 0) is 9.53 Å². The van der Waals surface area contributed by atoms with Crippen LogP contribution in [0.5, 0.6) is 0 Å². The van der Waals surface area contributed by atoms with Crippen molar-refractivity contribution in [3.63, 3.8) is 0 Å². The number of carbonyl (C=O) groups excluding carboxylic acids is 1. The Hall–Kier alpha value is -1.09. The molecule has 0 bridgehead atoms. The summed E-state index contributed by atoms with van der Waals surface area (Å²) in [6.07, 6.45) is 18.5. The molecule has 0 saturated carbocycles. The standard InChI is InChI=1S/C18H33NO2/c1-3-5-7-8-9-10-11-12-14-15-17(19)21-18(20)16-13-6-4-2/h4,6,13,16-17H,3,5,7-12,14-15,19H2,1-2H3/b6-4+,16-13+. The Morgan fingerprint density at radius 2 is 1.57 bits per heavy atom. The molecule has 0 radical (unpaired) electrons. The molecule has 0 aromatic rings. The number of hydrogen-bond donors (Lipinski definition) is 1. The molecule has 1 unspecified atom stereocenters. The minimum atomic E-state index is -0.475. The van der Waals surface area contributed by atoms with Crippen LogP contribution < -0.4 is 5.73 Å². The molecule has 0 heterocycles. The van der Waals surface area contributed by atoms with Crippen molar-refractivity contribution in [3.05, 3.63) is 24.3 Å². The van der Waals surface area contributed by atoms with Crippen molar-refractivity contribution >= 4 is 5.97 Å². The summed E-state index contributed by atoms with van der Waals surface area (Å²) in [4.78, 5) is 11.4. The van der Waals surface area contributed by atoms with Crippen LogP contribution >= 0.6 is 0 Å². The lowest BCUT2D eigenvalue weighted by Crippen LogP contribution is -2.26. The van der Waals surface area contributed by atoms with E-state index in [1.807, 2.05) is 13.0 Å². The molecule has 122 valence electrons. The minimum absolute atomic E-state index is 0.364. The summed E-state index contributed by atoms with van der Waals surface area (Å²) >= 11 is 0. The van der Waals surface area contributed by atoms with Gasteiger partial charge in [-0.1, -0.05) is 76.5 Å². The second-order valence-electron chi connectivity index (χ2n) is 5.48. The number of nitrogens with two attached hydrogens (primary N) is 1. The van der Waals surface area contributed by atoms with Crippen LogP contribution in [-0.4, -0.2) is 12.2 Å². The lowest BCUT2D eigenvalue weighted by Gasteiger charge is -2.11. The predicted molar refractivity (Wildman–Crippen MR) is 89.9 cm³/mol. The topological polar surface area (TPSA) is 52.3 Å². The molecule has 0 saturated heterocycles. The van der Waals surface area contributed by atoms with Crippen LogP contribution in [0.4, 0.5) is 0 Å². The van der Waals surface area contributed by atoms with E-state index >= 15 is 0 Å². The molecule has 3 nitrogen and oxygen atoms in total. The second-order valence-corrected chi connectivity index (χ2v) is 5.48. The molecular formula is C18H33NO2. The van der Waals surface area contributed by atoms with Crippen LogP contribution in [0.25, 0.3) is 0 Å². The highest BCUT2D eigenvalue weighted by Gasteiger charge is 2.06. The molecule has 0 fully saturated rings. The molecule has 0 aliphatic carbocycles. The highest BCUT2D eigenvalue weighted by Crippen LogP contribution is 2.11. The van der Waals surface area contributed by atoms with E-state index in [4.69, 9.17) is 10.5 Å². The van der Waals surface area contributed by atoms with Crippen molar-refractivity contribution in [2.45, 2.75) is 84.3 Å². The molecule has 1 atom stereocenters. The summed E-state index contributed by atoms with van der Waals surface area (Å²) in [5, 5.41) is 0. The van der Waals surface area contributed by atoms with E-state index in [-0.39, 0.29) is 5.97 Å². The average molecular weight is 295 g/mol. The molecule has 0 rings (SSSR count). The number of carbonyl (C=O) groups is 1. The molecule has 0 aromatic carbocycles. The third kappa shape index (κ3) is 15.1. The quantitative estimate of drug-likeness (QED) is 0.173. The van der Waals surface area contributed by atoms with Gasteiger partial charge in [0.25, 0.3) is 0 Å². The molecule has 0 amide bonds. The van der Waals surface area contributed by atoms with Gasteiger partial charge in [0.2, 0.25) is 0 Å². The number of esters is 1. The normalized spacial score (nSPS) is 13.1. The summed E-state index contributed by atoms with van der Waals surface area (Å²) in [7, 11) is 0. The first-order chi connectivity index (χ1) is 10.2. The fraction of sp³-hybridized carbons (Fsp3) is 0.722. The fourth-order valence-corrected chi connectivity index (χ4v) is 2.15. The Bertz CT molecular complexity index is 298. The third-order valence-electron chi connectivity index (χ3n) is 3.40. The van der Waals surface area contributed by atoms with Crippen molar-refractivity contribution in [2.75, 3.05) is 0 Å². The van der Waals surface area contributed by atoms with Crippen molar-refractivity contribution in [3.8, 4) is 0 Å². The number of hydrogen-bond acceptors (Lipinski definition) is 3. The Balaban J connectivity index is 3.41. The Morgan fingerprint density at radius 3 is 2.14 bits per heavy atom. The van der Waals surface area contributed by atoms with E-state index in [0.717, 1.165) is 12.8 Å². The smallest absolute Gasteiger partial charge is 0.332 e. The summed E-state index contributed by atoms with van der Waals surface area (Å²) in [6, 6.07) is 0. The van der Waals surface area contributed by atoms with Crippen LogP contribution in [0.2, 0.25) is 0 Å². The van der Waals surface area contributed by atoms with E-state index in [1.54, 1.807) is 12.2 Å². The summed E-state index contributed by atoms with van der Waals surface area (Å²) in [5.74, 6) is -0.364. The van der Waals surface area contributed by atoms with Gasteiger partial charge in [0.1, 0.15) is 0 Å². The lowest BCUT2D eigenvalue weighted by molar-refractivity contribution is -0.143. The molecule has 21 heavy (non-hydrogen) atoms. The number of allylic oxidation sites excluding steroid dienone is 3. The van der Waals surface area contributed by atoms with Gasteiger partial charge in [-0.2, -0.15) is 0 Å². The molecule has 0 aliphatic rings. The number of unbranched alkanes of at least 4 members (excludes halogenated alkanes) is 8. The van der Waals surface area contributed by atoms with Gasteiger partial charge in [-0.05, 0) is 19.8 Å². The number of ether oxygens (including phenoxy) is 1. The Kier molecular flexibility index (Phi) is 14.5. The second kappa shape index (κ2) is 15.3. The van der Waals surface area contributed by atoms with Crippen LogP contribution in [0.3, 0.4) is 0 Å². The van der Waals surface area contributed by atoms with E-state index in [1.165, 1.54) is 57.4 Å². The first-order valence-corrected chi connectivity index (χ1v) is 8.46. The highest BCUT2D eigenvalue weighted by atomic mass is 16.6. The van der Waals surface area contributed by atoms with Crippen LogP contribution in [0.15, 0.2) is 24.3 Å². The molecule has 0 aromatic heterocycles. The molecule has 0 aliphatic heterocycles.